The first-order chi connectivity index (χ1) is 31.9. The Morgan fingerprint density at radius 3 is 0.746 bits per heavy atom. The predicted octanol–water partition coefficient (Wildman–Crippen LogP) is 13.8. The molecular weight excluding hydrogens is 835 g/mol. The third-order valence-corrected chi connectivity index (χ3v) is 15.9. The molecular formula is C58H112N3O6+3. The Kier molecular flexibility index (Phi) is 27.5. The Labute approximate surface area is 414 Å². The van der Waals surface area contributed by atoms with Crippen molar-refractivity contribution in [3.05, 3.63) is 0 Å². The number of likely N-dealkylation sites (N-methyl/N-ethyl adjacent to an activating group) is 3. The molecule has 0 saturated heterocycles. The summed E-state index contributed by atoms with van der Waals surface area (Å²) in [4.78, 5) is 42.2. The van der Waals surface area contributed by atoms with E-state index in [-0.39, 0.29) is 23.8 Å². The van der Waals surface area contributed by atoms with Crippen LogP contribution in [-0.4, -0.2) is 130 Å². The smallest absolute Gasteiger partial charge is 0.362 e. The molecule has 0 amide bonds. The SMILES string of the molecule is CCCCCCCCCCCC[N+](C)(C)CC(=O)OC12CC3CC(OC(=O)C[N+](C)(C)CCCCCCCCCCCC)(C1)CC(OC(=O)C[N+](C)(C)CCCCCCCCCCCC)(C3)C2. The van der Waals surface area contributed by atoms with Crippen LogP contribution in [0.25, 0.3) is 0 Å². The molecule has 67 heavy (non-hydrogen) atoms. The van der Waals surface area contributed by atoms with Crippen molar-refractivity contribution in [2.75, 3.05) is 81.6 Å². The maximum Gasteiger partial charge on any atom is 0.362 e. The van der Waals surface area contributed by atoms with Crippen LogP contribution in [0.5, 0.6) is 0 Å². The van der Waals surface area contributed by atoms with Gasteiger partial charge in [0.1, 0.15) is 16.8 Å². The molecule has 4 bridgehead atoms. The van der Waals surface area contributed by atoms with Gasteiger partial charge in [-0.25, -0.2) is 14.4 Å². The van der Waals surface area contributed by atoms with Gasteiger partial charge in [0, 0.05) is 19.3 Å². The molecule has 4 aliphatic carbocycles. The number of quaternary nitrogens is 3. The van der Waals surface area contributed by atoms with E-state index < -0.39 is 16.8 Å². The number of hydrogen-bond acceptors (Lipinski definition) is 6. The van der Waals surface area contributed by atoms with Gasteiger partial charge in [-0.15, -0.1) is 0 Å². The molecule has 0 N–H and O–H groups in total. The van der Waals surface area contributed by atoms with Crippen LogP contribution in [0.4, 0.5) is 0 Å². The van der Waals surface area contributed by atoms with E-state index in [1.807, 2.05) is 0 Å². The number of carbonyl (C=O) groups is 3. The summed E-state index contributed by atoms with van der Waals surface area (Å²) in [6, 6.07) is 0. The average molecular weight is 948 g/mol. The monoisotopic (exact) mass is 947 g/mol. The minimum Gasteiger partial charge on any atom is -0.455 e. The van der Waals surface area contributed by atoms with Crippen molar-refractivity contribution < 1.29 is 42.0 Å². The number of ether oxygens (including phenoxy) is 3. The lowest BCUT2D eigenvalue weighted by Crippen LogP contribution is -2.69. The van der Waals surface area contributed by atoms with Crippen LogP contribution >= 0.6 is 0 Å². The fourth-order valence-electron chi connectivity index (χ4n) is 12.7. The Morgan fingerprint density at radius 2 is 0.537 bits per heavy atom. The molecule has 392 valence electrons. The summed E-state index contributed by atoms with van der Waals surface area (Å²) in [5, 5.41) is 0. The third-order valence-electron chi connectivity index (χ3n) is 15.9. The van der Waals surface area contributed by atoms with Crippen LogP contribution in [0.2, 0.25) is 0 Å². The zero-order valence-electron chi connectivity index (χ0n) is 46.1. The number of unbranched alkanes of at least 4 members (excludes halogenated alkanes) is 27. The second kappa shape index (κ2) is 30.9. The Balaban J connectivity index is 1.61. The van der Waals surface area contributed by atoms with Gasteiger partial charge in [-0.3, -0.25) is 0 Å². The van der Waals surface area contributed by atoms with Gasteiger partial charge in [0.2, 0.25) is 0 Å². The average Bonchev–Trinajstić information content (AvgIpc) is 3.20. The van der Waals surface area contributed by atoms with E-state index in [1.165, 1.54) is 173 Å². The zero-order valence-corrected chi connectivity index (χ0v) is 46.1. The van der Waals surface area contributed by atoms with Crippen LogP contribution < -0.4 is 0 Å². The van der Waals surface area contributed by atoms with Gasteiger partial charge in [-0.05, 0) is 63.7 Å². The molecule has 4 saturated carbocycles. The fourth-order valence-corrected chi connectivity index (χ4v) is 12.7. The van der Waals surface area contributed by atoms with Gasteiger partial charge in [-0.2, -0.15) is 0 Å². The molecule has 0 atom stereocenters. The summed E-state index contributed by atoms with van der Waals surface area (Å²) in [6.45, 7) is 10.5. The van der Waals surface area contributed by atoms with Crippen LogP contribution in [0.3, 0.4) is 0 Å². The van der Waals surface area contributed by atoms with E-state index in [9.17, 15) is 14.4 Å². The Morgan fingerprint density at radius 1 is 0.343 bits per heavy atom. The summed E-state index contributed by atoms with van der Waals surface area (Å²) in [7, 11) is 12.9. The van der Waals surface area contributed by atoms with Crippen LogP contribution in [0, 0.1) is 5.92 Å². The lowest BCUT2D eigenvalue weighted by molar-refractivity contribution is -0.883. The van der Waals surface area contributed by atoms with Crippen LogP contribution in [-0.2, 0) is 28.6 Å². The minimum atomic E-state index is -0.811. The number of rotatable bonds is 42. The van der Waals surface area contributed by atoms with Gasteiger partial charge < -0.3 is 27.7 Å². The molecule has 0 aromatic heterocycles. The quantitative estimate of drug-likeness (QED) is 0.0263. The lowest BCUT2D eigenvalue weighted by atomic mass is 9.50. The van der Waals surface area contributed by atoms with E-state index >= 15 is 0 Å². The van der Waals surface area contributed by atoms with Gasteiger partial charge in [-0.1, -0.05) is 175 Å². The molecule has 0 unspecified atom stereocenters. The minimum absolute atomic E-state index is 0.155. The first kappa shape index (κ1) is 59.6. The molecule has 0 spiro atoms. The third kappa shape index (κ3) is 24.8. The second-order valence-electron chi connectivity index (χ2n) is 25.0. The fraction of sp³-hybridized carbons (Fsp3) is 0.948. The molecule has 4 aliphatic rings. The Bertz CT molecular complexity index is 1210. The largest absolute Gasteiger partial charge is 0.455 e. The number of hydrogen-bond donors (Lipinski definition) is 0. The van der Waals surface area contributed by atoms with Gasteiger partial charge >= 0.3 is 17.9 Å². The number of nitrogens with zero attached hydrogens (tertiary/aromatic N) is 3. The first-order valence-electron chi connectivity index (χ1n) is 29.0. The topological polar surface area (TPSA) is 78.9 Å². The van der Waals surface area contributed by atoms with Crippen molar-refractivity contribution in [2.24, 2.45) is 5.92 Å². The lowest BCUT2D eigenvalue weighted by Gasteiger charge is -2.63. The molecule has 4 rings (SSSR count). The van der Waals surface area contributed by atoms with Crippen molar-refractivity contribution in [1.82, 2.24) is 0 Å². The predicted molar refractivity (Wildman–Crippen MR) is 279 cm³/mol. The molecule has 0 radical (unpaired) electrons. The summed E-state index contributed by atoms with van der Waals surface area (Å²) in [6.07, 6.45) is 42.5. The summed E-state index contributed by atoms with van der Waals surface area (Å²) >= 11 is 0. The molecule has 0 heterocycles. The van der Waals surface area contributed by atoms with Gasteiger partial charge in [0.05, 0.1) is 61.9 Å². The Hall–Kier alpha value is -1.71. The van der Waals surface area contributed by atoms with E-state index in [0.717, 1.165) is 58.2 Å². The highest BCUT2D eigenvalue weighted by Gasteiger charge is 2.68. The normalized spacial score (nSPS) is 22.6. The van der Waals surface area contributed by atoms with Crippen molar-refractivity contribution in [3.63, 3.8) is 0 Å². The molecule has 0 aliphatic heterocycles. The highest BCUT2D eigenvalue weighted by Crippen LogP contribution is 2.63. The van der Waals surface area contributed by atoms with Gasteiger partial charge in [0.25, 0.3) is 0 Å². The number of esters is 3. The molecule has 9 nitrogen and oxygen atoms in total. The van der Waals surface area contributed by atoms with E-state index in [2.05, 4.69) is 63.1 Å². The highest BCUT2D eigenvalue weighted by molar-refractivity contribution is 5.73. The van der Waals surface area contributed by atoms with E-state index in [0.29, 0.717) is 52.3 Å². The zero-order chi connectivity index (χ0) is 49.1. The summed E-state index contributed by atoms with van der Waals surface area (Å²) < 4.78 is 21.8. The first-order valence-corrected chi connectivity index (χ1v) is 29.0. The maximum atomic E-state index is 14.1. The molecule has 9 heteroatoms. The molecule has 4 fully saturated rings. The van der Waals surface area contributed by atoms with Crippen molar-refractivity contribution in [1.29, 1.82) is 0 Å². The summed E-state index contributed by atoms with van der Waals surface area (Å²) in [5.74, 6) is -0.413. The van der Waals surface area contributed by atoms with Crippen molar-refractivity contribution >= 4 is 17.9 Å². The van der Waals surface area contributed by atoms with Crippen molar-refractivity contribution in [2.45, 2.75) is 269 Å². The number of carbonyl (C=O) groups excluding carboxylic acids is 3. The van der Waals surface area contributed by atoms with Crippen molar-refractivity contribution in [3.8, 4) is 0 Å². The van der Waals surface area contributed by atoms with Gasteiger partial charge in [0.15, 0.2) is 19.6 Å². The van der Waals surface area contributed by atoms with E-state index in [1.54, 1.807) is 0 Å². The maximum absolute atomic E-state index is 14.1. The van der Waals surface area contributed by atoms with Crippen LogP contribution in [0.1, 0.15) is 252 Å². The second-order valence-corrected chi connectivity index (χ2v) is 25.0. The summed E-state index contributed by atoms with van der Waals surface area (Å²) in [5.41, 5.74) is -2.43. The highest BCUT2D eigenvalue weighted by atomic mass is 16.6. The molecule has 0 aromatic rings. The van der Waals surface area contributed by atoms with Crippen LogP contribution in [0.15, 0.2) is 0 Å². The molecule has 0 aromatic carbocycles. The standard InChI is InChI=1S/C58H112N3O6/c1-10-13-16-19-22-25-28-31-34-37-40-59(4,5)46-53(62)65-56-43-52-44-57(49-56,66-54(63)47-60(6,7)41-38-35-32-29-26-23-20-17-14-11-2)51-58(45-52,50-56)67-55(64)48-61(8,9)42-39-36-33-30-27-24-21-18-15-12-3/h52H,10-51H2,1-9H3/q+3. The van der Waals surface area contributed by atoms with E-state index in [4.69, 9.17) is 14.2 Å².